The van der Waals surface area contributed by atoms with Crippen LogP contribution in [0.3, 0.4) is 0 Å². The van der Waals surface area contributed by atoms with E-state index in [9.17, 15) is 4.79 Å². The van der Waals surface area contributed by atoms with Crippen LogP contribution >= 0.6 is 11.6 Å². The molecule has 5 heteroatoms. The third kappa shape index (κ3) is 4.63. The van der Waals surface area contributed by atoms with Gasteiger partial charge in [-0.3, -0.25) is 4.79 Å². The van der Waals surface area contributed by atoms with Gasteiger partial charge in [-0.05, 0) is 91.2 Å². The smallest absolute Gasteiger partial charge is 0.250 e. The fourth-order valence-corrected chi connectivity index (χ4v) is 8.22. The van der Waals surface area contributed by atoms with Crippen LogP contribution < -0.4 is 4.43 Å². The van der Waals surface area contributed by atoms with Crippen molar-refractivity contribution in [1.82, 2.24) is 0 Å². The summed E-state index contributed by atoms with van der Waals surface area (Å²) in [6.07, 6.45) is 6.35. The maximum atomic E-state index is 16.0. The fourth-order valence-electron chi connectivity index (χ4n) is 7.01. The number of alkyl halides is 2. The third-order valence-corrected chi connectivity index (χ3v) is 14.5. The lowest BCUT2D eigenvalue weighted by molar-refractivity contribution is -0.132. The molecule has 34 heavy (non-hydrogen) atoms. The van der Waals surface area contributed by atoms with Crippen molar-refractivity contribution in [3.63, 3.8) is 0 Å². The number of unbranched alkanes of at least 4 members (excludes halogenated alkanes) is 2. The Morgan fingerprint density at radius 1 is 1.21 bits per heavy atom. The molecule has 2 saturated carbocycles. The van der Waals surface area contributed by atoms with Gasteiger partial charge in [-0.25, -0.2) is 4.39 Å². The summed E-state index contributed by atoms with van der Waals surface area (Å²) in [6.45, 7) is 13.4. The Morgan fingerprint density at radius 3 is 2.62 bits per heavy atom. The molecule has 1 unspecified atom stereocenters. The zero-order valence-corrected chi connectivity index (χ0v) is 23.8. The quantitative estimate of drug-likeness (QED) is 0.210. The van der Waals surface area contributed by atoms with E-state index in [1.165, 1.54) is 11.1 Å². The average Bonchev–Trinajstić information content (AvgIpc) is 3.03. The number of halogens is 2. The zero-order valence-electron chi connectivity index (χ0n) is 22.1. The molecule has 6 atom stereocenters. The van der Waals surface area contributed by atoms with E-state index in [4.69, 9.17) is 16.0 Å². The van der Waals surface area contributed by atoms with Crippen molar-refractivity contribution >= 4 is 25.7 Å². The van der Waals surface area contributed by atoms with Crippen LogP contribution in [0.4, 0.5) is 4.39 Å². The monoisotopic (exact) mass is 506 g/mol. The molecule has 4 rings (SSSR count). The first kappa shape index (κ1) is 26.2. The molecular formula is C29H44ClFO2Si. The molecule has 0 amide bonds. The average molecular weight is 507 g/mol. The molecule has 0 aliphatic heterocycles. The Kier molecular flexibility index (Phi) is 7.35. The van der Waals surface area contributed by atoms with Gasteiger partial charge < -0.3 is 4.43 Å². The van der Waals surface area contributed by atoms with Crippen LogP contribution in [-0.4, -0.2) is 26.2 Å². The van der Waals surface area contributed by atoms with Crippen LogP contribution in [0.5, 0.6) is 5.75 Å². The van der Waals surface area contributed by atoms with E-state index in [0.717, 1.165) is 44.3 Å². The van der Waals surface area contributed by atoms with Gasteiger partial charge >= 0.3 is 0 Å². The van der Waals surface area contributed by atoms with Gasteiger partial charge in [-0.2, -0.15) is 0 Å². The minimum Gasteiger partial charge on any atom is -0.543 e. The minimum atomic E-state index is -1.95. The van der Waals surface area contributed by atoms with Gasteiger partial charge in [0.15, 0.2) is 0 Å². The number of Topliss-reactive ketones (excluding diaryl/α,β-unsaturated/α-hetero) is 1. The van der Waals surface area contributed by atoms with Crippen LogP contribution in [0.25, 0.3) is 0 Å². The minimum absolute atomic E-state index is 0.0901. The Morgan fingerprint density at radius 2 is 1.94 bits per heavy atom. The van der Waals surface area contributed by atoms with Crippen LogP contribution in [0.2, 0.25) is 18.1 Å². The highest BCUT2D eigenvalue weighted by Gasteiger charge is 2.60. The molecule has 2 fully saturated rings. The number of hydrogen-bond acceptors (Lipinski definition) is 2. The van der Waals surface area contributed by atoms with Crippen LogP contribution in [-0.2, 0) is 11.2 Å². The van der Waals surface area contributed by atoms with E-state index in [0.29, 0.717) is 36.3 Å². The third-order valence-electron chi connectivity index (χ3n) is 9.91. The molecule has 0 bridgehead atoms. The first-order valence-electron chi connectivity index (χ1n) is 13.4. The second-order valence-corrected chi connectivity index (χ2v) is 18.1. The molecule has 3 aliphatic rings. The van der Waals surface area contributed by atoms with Gasteiger partial charge in [-0.15, -0.1) is 11.6 Å². The summed E-state index contributed by atoms with van der Waals surface area (Å²) in [5, 5.41) is 0.131. The molecule has 0 heterocycles. The van der Waals surface area contributed by atoms with Gasteiger partial charge in [-0.1, -0.05) is 46.6 Å². The molecule has 0 saturated heterocycles. The van der Waals surface area contributed by atoms with E-state index in [1.54, 1.807) is 0 Å². The number of carbonyl (C=O) groups excluding carboxylic acids is 1. The molecule has 1 aromatic rings. The Labute approximate surface area is 212 Å². The van der Waals surface area contributed by atoms with Crippen molar-refractivity contribution in [2.24, 2.45) is 23.2 Å². The first-order chi connectivity index (χ1) is 15.9. The Hall–Kier alpha value is -0.873. The van der Waals surface area contributed by atoms with E-state index >= 15 is 4.39 Å². The second-order valence-electron chi connectivity index (χ2n) is 13.0. The number of fused-ring (bicyclic) bond motifs is 5. The maximum Gasteiger partial charge on any atom is 0.250 e. The number of hydrogen-bond donors (Lipinski definition) is 0. The largest absolute Gasteiger partial charge is 0.543 e. The van der Waals surface area contributed by atoms with E-state index in [1.807, 2.05) is 0 Å². The van der Waals surface area contributed by atoms with Crippen molar-refractivity contribution in [3.05, 3.63) is 29.3 Å². The van der Waals surface area contributed by atoms with Gasteiger partial charge in [0.1, 0.15) is 17.7 Å². The SMILES string of the molecule is CC(C)(C)[Si](C)(C)Oc1ccc2c(c1)C[C@@H](CCCCCCl)[C@@H]1[C@@H]2C(F)C[C@]2(C)C(=O)CC[C@@H]12. The summed E-state index contributed by atoms with van der Waals surface area (Å²) in [5.74, 6) is 2.84. The number of rotatable bonds is 7. The maximum absolute atomic E-state index is 16.0. The van der Waals surface area contributed by atoms with Crippen LogP contribution in [0, 0.1) is 23.2 Å². The van der Waals surface area contributed by atoms with Crippen molar-refractivity contribution < 1.29 is 13.6 Å². The van der Waals surface area contributed by atoms with Crippen molar-refractivity contribution in [3.8, 4) is 5.75 Å². The van der Waals surface area contributed by atoms with Crippen LogP contribution in [0.15, 0.2) is 18.2 Å². The van der Waals surface area contributed by atoms with Gasteiger partial charge in [0.25, 0.3) is 0 Å². The summed E-state index contributed by atoms with van der Waals surface area (Å²) in [6, 6.07) is 6.46. The molecule has 190 valence electrons. The van der Waals surface area contributed by atoms with E-state index < -0.39 is 19.9 Å². The zero-order chi connectivity index (χ0) is 24.9. The summed E-state index contributed by atoms with van der Waals surface area (Å²) in [5.41, 5.74) is 1.98. The van der Waals surface area contributed by atoms with Gasteiger partial charge in [0.2, 0.25) is 8.32 Å². The molecule has 0 spiro atoms. The lowest BCUT2D eigenvalue weighted by Gasteiger charge is -2.53. The molecule has 3 aliphatic carbocycles. The molecule has 0 radical (unpaired) electrons. The lowest BCUT2D eigenvalue weighted by Crippen LogP contribution is -2.50. The van der Waals surface area contributed by atoms with Crippen molar-refractivity contribution in [1.29, 1.82) is 0 Å². The number of carbonyl (C=O) groups is 1. The highest BCUT2D eigenvalue weighted by molar-refractivity contribution is 6.74. The molecule has 1 aromatic carbocycles. The summed E-state index contributed by atoms with van der Waals surface area (Å²) in [4.78, 5) is 12.9. The summed E-state index contributed by atoms with van der Waals surface area (Å²) in [7, 11) is -1.95. The topological polar surface area (TPSA) is 26.3 Å². The van der Waals surface area contributed by atoms with E-state index in [-0.39, 0.29) is 16.9 Å². The highest BCUT2D eigenvalue weighted by Crippen LogP contribution is 2.62. The molecule has 2 nitrogen and oxygen atoms in total. The molecule has 0 aromatic heterocycles. The van der Waals surface area contributed by atoms with E-state index in [2.05, 4.69) is 59.0 Å². The predicted octanol–water partition coefficient (Wildman–Crippen LogP) is 8.47. The second kappa shape index (κ2) is 9.54. The first-order valence-corrected chi connectivity index (χ1v) is 16.9. The normalized spacial score (nSPS) is 33.3. The summed E-state index contributed by atoms with van der Waals surface area (Å²) >= 11 is 5.93. The highest BCUT2D eigenvalue weighted by atomic mass is 35.5. The van der Waals surface area contributed by atoms with Crippen molar-refractivity contribution in [2.45, 2.75) is 109 Å². The van der Waals surface area contributed by atoms with Crippen LogP contribution in [0.1, 0.15) is 89.7 Å². The molecular weight excluding hydrogens is 463 g/mol. The number of benzene rings is 1. The Balaban J connectivity index is 1.68. The van der Waals surface area contributed by atoms with Gasteiger partial charge in [0.05, 0.1) is 0 Å². The predicted molar refractivity (Wildman–Crippen MR) is 142 cm³/mol. The van der Waals surface area contributed by atoms with Crippen molar-refractivity contribution in [2.75, 3.05) is 5.88 Å². The molecule has 0 N–H and O–H groups in total. The lowest BCUT2D eigenvalue weighted by atomic mass is 9.51. The fraction of sp³-hybridized carbons (Fsp3) is 0.759. The number of ketones is 1. The van der Waals surface area contributed by atoms with Gasteiger partial charge in [0, 0.05) is 23.6 Å². The standard InChI is InChI=1S/C29H44ClFO2Si/c1-28(2,3)34(5,6)33-21-11-12-22-20(17-21)16-19(10-8-7-9-15-30)26-23-13-14-25(32)29(23,4)18-24(31)27(22)26/h11-12,17,19,23-24,26-27H,7-10,13-16,18H2,1-6H3/t19-,23+,24?,26+,27+,29+/m1/s1. The summed E-state index contributed by atoms with van der Waals surface area (Å²) < 4.78 is 22.6. The Bertz CT molecular complexity index is 910.